The van der Waals surface area contributed by atoms with E-state index in [9.17, 15) is 4.79 Å². The first-order chi connectivity index (χ1) is 10.7. The van der Waals surface area contributed by atoms with Crippen LogP contribution in [0.2, 0.25) is 0 Å². The van der Waals surface area contributed by atoms with Gasteiger partial charge in [0, 0.05) is 0 Å². The molecule has 130 valence electrons. The summed E-state index contributed by atoms with van der Waals surface area (Å²) in [6, 6.07) is 0. The van der Waals surface area contributed by atoms with Crippen LogP contribution < -0.4 is 0 Å². The number of hydrogen-bond acceptors (Lipinski definition) is 4. The average Bonchev–Trinajstić information content (AvgIpc) is 2.55. The van der Waals surface area contributed by atoms with E-state index in [1.807, 2.05) is 6.92 Å². The Morgan fingerprint density at radius 2 is 1.68 bits per heavy atom. The SMILES string of the molecule is CC1CCCCC1.CCOC(=O)C1CCCCC1OCCO. The smallest absolute Gasteiger partial charge is 0.311 e. The van der Waals surface area contributed by atoms with E-state index in [4.69, 9.17) is 14.6 Å². The molecule has 0 aliphatic heterocycles. The molecular formula is C18H34O4. The molecule has 0 radical (unpaired) electrons. The average molecular weight is 314 g/mol. The number of ether oxygens (including phenoxy) is 2. The van der Waals surface area contributed by atoms with E-state index in [1.54, 1.807) is 0 Å². The van der Waals surface area contributed by atoms with Crippen molar-refractivity contribution in [3.63, 3.8) is 0 Å². The van der Waals surface area contributed by atoms with Crippen LogP contribution in [0.15, 0.2) is 0 Å². The molecule has 0 spiro atoms. The van der Waals surface area contributed by atoms with Crippen molar-refractivity contribution in [3.8, 4) is 0 Å². The van der Waals surface area contributed by atoms with E-state index in [0.717, 1.165) is 31.6 Å². The molecule has 2 unspecified atom stereocenters. The summed E-state index contributed by atoms with van der Waals surface area (Å²) in [5.74, 6) is 0.749. The Bertz CT molecular complexity index is 287. The number of esters is 1. The van der Waals surface area contributed by atoms with Crippen molar-refractivity contribution >= 4 is 5.97 Å². The van der Waals surface area contributed by atoms with Gasteiger partial charge in [-0.25, -0.2) is 0 Å². The molecule has 22 heavy (non-hydrogen) atoms. The van der Waals surface area contributed by atoms with Crippen molar-refractivity contribution in [1.82, 2.24) is 0 Å². The maximum atomic E-state index is 11.6. The van der Waals surface area contributed by atoms with Crippen LogP contribution in [0.1, 0.15) is 71.6 Å². The lowest BCUT2D eigenvalue weighted by Gasteiger charge is -2.29. The van der Waals surface area contributed by atoms with Gasteiger partial charge in [-0.3, -0.25) is 4.79 Å². The number of carbonyl (C=O) groups excluding carboxylic acids is 1. The van der Waals surface area contributed by atoms with Gasteiger partial charge in [0.05, 0.1) is 31.8 Å². The minimum atomic E-state index is -0.153. The van der Waals surface area contributed by atoms with E-state index in [-0.39, 0.29) is 24.6 Å². The van der Waals surface area contributed by atoms with Crippen LogP contribution in [0.25, 0.3) is 0 Å². The normalized spacial score (nSPS) is 26.0. The van der Waals surface area contributed by atoms with Gasteiger partial charge in [-0.1, -0.05) is 51.9 Å². The summed E-state index contributed by atoms with van der Waals surface area (Å²) >= 11 is 0. The highest BCUT2D eigenvalue weighted by atomic mass is 16.5. The minimum Gasteiger partial charge on any atom is -0.466 e. The molecule has 0 aromatic carbocycles. The Kier molecular flexibility index (Phi) is 10.5. The molecule has 0 aromatic heterocycles. The Morgan fingerprint density at radius 3 is 2.23 bits per heavy atom. The summed E-state index contributed by atoms with van der Waals surface area (Å²) in [6.07, 6.45) is 11.3. The summed E-state index contributed by atoms with van der Waals surface area (Å²) < 4.78 is 10.5. The number of aliphatic hydroxyl groups excluding tert-OH is 1. The fourth-order valence-corrected chi connectivity index (χ4v) is 3.33. The van der Waals surface area contributed by atoms with Crippen molar-refractivity contribution in [2.24, 2.45) is 11.8 Å². The van der Waals surface area contributed by atoms with Gasteiger partial charge in [0.15, 0.2) is 0 Å². The second-order valence-electron chi connectivity index (χ2n) is 6.52. The molecule has 0 aromatic rings. The molecule has 2 rings (SSSR count). The van der Waals surface area contributed by atoms with Crippen molar-refractivity contribution < 1.29 is 19.4 Å². The monoisotopic (exact) mass is 314 g/mol. The van der Waals surface area contributed by atoms with Gasteiger partial charge >= 0.3 is 5.97 Å². The van der Waals surface area contributed by atoms with Gasteiger partial charge in [-0.15, -0.1) is 0 Å². The molecular weight excluding hydrogens is 280 g/mol. The summed E-state index contributed by atoms with van der Waals surface area (Å²) in [4.78, 5) is 11.6. The fourth-order valence-electron chi connectivity index (χ4n) is 3.33. The zero-order valence-electron chi connectivity index (χ0n) is 14.4. The van der Waals surface area contributed by atoms with Crippen molar-refractivity contribution in [2.75, 3.05) is 19.8 Å². The van der Waals surface area contributed by atoms with E-state index in [2.05, 4.69) is 6.92 Å². The zero-order valence-corrected chi connectivity index (χ0v) is 14.4. The highest BCUT2D eigenvalue weighted by molar-refractivity contribution is 5.73. The third-order valence-electron chi connectivity index (χ3n) is 4.61. The first-order valence-electron chi connectivity index (χ1n) is 9.08. The molecule has 2 fully saturated rings. The number of carbonyl (C=O) groups is 1. The van der Waals surface area contributed by atoms with Crippen molar-refractivity contribution in [2.45, 2.75) is 77.7 Å². The summed E-state index contributed by atoms with van der Waals surface area (Å²) in [5.41, 5.74) is 0. The Balaban J connectivity index is 0.000000287. The van der Waals surface area contributed by atoms with Gasteiger partial charge in [0.25, 0.3) is 0 Å². The fraction of sp³-hybridized carbons (Fsp3) is 0.944. The number of aliphatic hydroxyl groups is 1. The highest BCUT2D eigenvalue weighted by Gasteiger charge is 2.32. The lowest BCUT2D eigenvalue weighted by molar-refractivity contribution is -0.156. The van der Waals surface area contributed by atoms with Gasteiger partial charge < -0.3 is 14.6 Å². The Morgan fingerprint density at radius 1 is 1.05 bits per heavy atom. The standard InChI is InChI=1S/C11H20O4.C7H14/c1-2-14-11(13)9-5-3-4-6-10(9)15-8-7-12;1-7-5-3-2-4-6-7/h9-10,12H,2-8H2,1H3;7H,2-6H2,1H3. The molecule has 0 saturated heterocycles. The number of rotatable bonds is 5. The quantitative estimate of drug-likeness (QED) is 0.786. The van der Waals surface area contributed by atoms with Gasteiger partial charge in [-0.2, -0.15) is 0 Å². The maximum absolute atomic E-state index is 11.6. The van der Waals surface area contributed by atoms with Crippen LogP contribution in [0.4, 0.5) is 0 Å². The van der Waals surface area contributed by atoms with Crippen molar-refractivity contribution in [3.05, 3.63) is 0 Å². The number of hydrogen-bond donors (Lipinski definition) is 1. The third kappa shape index (κ3) is 7.59. The summed E-state index contributed by atoms with van der Waals surface area (Å²) in [6.45, 7) is 4.90. The maximum Gasteiger partial charge on any atom is 0.311 e. The van der Waals surface area contributed by atoms with Crippen LogP contribution >= 0.6 is 0 Å². The molecule has 0 bridgehead atoms. The molecule has 0 heterocycles. The highest BCUT2D eigenvalue weighted by Crippen LogP contribution is 2.27. The molecule has 4 nitrogen and oxygen atoms in total. The molecule has 4 heteroatoms. The zero-order chi connectivity index (χ0) is 16.2. The topological polar surface area (TPSA) is 55.8 Å². The summed E-state index contributed by atoms with van der Waals surface area (Å²) in [7, 11) is 0. The second kappa shape index (κ2) is 11.9. The summed E-state index contributed by atoms with van der Waals surface area (Å²) in [5, 5.41) is 8.68. The van der Waals surface area contributed by atoms with Crippen molar-refractivity contribution in [1.29, 1.82) is 0 Å². The molecule has 2 aliphatic rings. The van der Waals surface area contributed by atoms with E-state index in [0.29, 0.717) is 13.2 Å². The first-order valence-corrected chi connectivity index (χ1v) is 9.08. The van der Waals surface area contributed by atoms with Crippen LogP contribution in [0, 0.1) is 11.8 Å². The Hall–Kier alpha value is -0.610. The molecule has 2 aliphatic carbocycles. The van der Waals surface area contributed by atoms with Crippen LogP contribution in [0.3, 0.4) is 0 Å². The molecule has 2 saturated carbocycles. The predicted molar refractivity (Wildman–Crippen MR) is 87.7 cm³/mol. The van der Waals surface area contributed by atoms with Gasteiger partial charge in [-0.05, 0) is 25.7 Å². The molecule has 0 amide bonds. The van der Waals surface area contributed by atoms with E-state index in [1.165, 1.54) is 32.1 Å². The van der Waals surface area contributed by atoms with Crippen LogP contribution in [-0.4, -0.2) is 37.0 Å². The second-order valence-corrected chi connectivity index (χ2v) is 6.52. The van der Waals surface area contributed by atoms with Gasteiger partial charge in [0.1, 0.15) is 0 Å². The van der Waals surface area contributed by atoms with E-state index >= 15 is 0 Å². The van der Waals surface area contributed by atoms with E-state index < -0.39 is 0 Å². The van der Waals surface area contributed by atoms with Crippen LogP contribution in [-0.2, 0) is 14.3 Å². The molecule has 1 N–H and O–H groups in total. The Labute approximate surface area is 135 Å². The lowest BCUT2D eigenvalue weighted by Crippen LogP contribution is -2.35. The van der Waals surface area contributed by atoms with Crippen LogP contribution in [0.5, 0.6) is 0 Å². The lowest BCUT2D eigenvalue weighted by atomic mass is 9.86. The van der Waals surface area contributed by atoms with Gasteiger partial charge in [0.2, 0.25) is 0 Å². The third-order valence-corrected chi connectivity index (χ3v) is 4.61. The minimum absolute atomic E-state index is 0.00600. The largest absolute Gasteiger partial charge is 0.466 e. The predicted octanol–water partition coefficient (Wildman–Crippen LogP) is 3.70. The first kappa shape index (κ1) is 19.4. The molecule has 2 atom stereocenters.